The number of nitro benzene ring substituents is 1. The molecule has 0 bridgehead atoms. The first kappa shape index (κ1) is 22.9. The predicted molar refractivity (Wildman–Crippen MR) is 118 cm³/mol. The maximum atomic E-state index is 12.9. The number of nitrogens with zero attached hydrogens (tertiary/aromatic N) is 3. The Balaban J connectivity index is 1.62. The average Bonchev–Trinajstić information content (AvgIpc) is 2.71. The molecule has 0 spiro atoms. The fraction of sp³-hybridized carbons (Fsp3) is 0.381. The summed E-state index contributed by atoms with van der Waals surface area (Å²) in [5.74, 6) is -0.162. The van der Waals surface area contributed by atoms with Crippen molar-refractivity contribution < 1.29 is 18.1 Å². The van der Waals surface area contributed by atoms with Gasteiger partial charge >= 0.3 is 0 Å². The summed E-state index contributed by atoms with van der Waals surface area (Å²) in [6, 6.07) is 9.35. The van der Waals surface area contributed by atoms with E-state index in [9.17, 15) is 23.3 Å². The van der Waals surface area contributed by atoms with Crippen molar-refractivity contribution in [2.24, 2.45) is 0 Å². The third-order valence-electron chi connectivity index (χ3n) is 5.32. The number of hydrogen-bond donors (Lipinski definition) is 1. The number of rotatable bonds is 6. The van der Waals surface area contributed by atoms with Gasteiger partial charge in [-0.3, -0.25) is 19.8 Å². The van der Waals surface area contributed by atoms with E-state index in [1.165, 1.54) is 28.6 Å². The van der Waals surface area contributed by atoms with Crippen LogP contribution in [0.15, 0.2) is 41.3 Å². The van der Waals surface area contributed by atoms with Crippen molar-refractivity contribution in [2.45, 2.75) is 25.7 Å². The number of nitrogens with one attached hydrogen (secondary N) is 1. The highest BCUT2D eigenvalue weighted by Gasteiger charge is 2.33. The van der Waals surface area contributed by atoms with Crippen molar-refractivity contribution in [2.75, 3.05) is 38.0 Å². The molecule has 9 nitrogen and oxygen atoms in total. The Morgan fingerprint density at radius 1 is 1.06 bits per heavy atom. The van der Waals surface area contributed by atoms with E-state index in [1.807, 2.05) is 37.8 Å². The lowest BCUT2D eigenvalue weighted by Crippen LogP contribution is -2.50. The largest absolute Gasteiger partial charge is 0.324 e. The molecule has 0 aliphatic carbocycles. The summed E-state index contributed by atoms with van der Waals surface area (Å²) in [5.41, 5.74) is 3.47. The molecule has 1 amide bonds. The minimum atomic E-state index is -3.99. The summed E-state index contributed by atoms with van der Waals surface area (Å²) in [6.07, 6.45) is 0. The van der Waals surface area contributed by atoms with E-state index in [-0.39, 0.29) is 30.4 Å². The number of nitro groups is 1. The first-order chi connectivity index (χ1) is 14.6. The fourth-order valence-electron chi connectivity index (χ4n) is 3.85. The van der Waals surface area contributed by atoms with E-state index in [0.717, 1.165) is 22.4 Å². The van der Waals surface area contributed by atoms with E-state index >= 15 is 0 Å². The summed E-state index contributed by atoms with van der Waals surface area (Å²) < 4.78 is 27.1. The number of carbonyl (C=O) groups excluding carboxylic acids is 1. The van der Waals surface area contributed by atoms with Crippen LogP contribution in [0.2, 0.25) is 0 Å². The van der Waals surface area contributed by atoms with Crippen molar-refractivity contribution in [1.82, 2.24) is 9.21 Å². The lowest BCUT2D eigenvalue weighted by atomic mass is 10.1. The highest BCUT2D eigenvalue weighted by Crippen LogP contribution is 2.27. The van der Waals surface area contributed by atoms with Crippen molar-refractivity contribution in [3.8, 4) is 0 Å². The van der Waals surface area contributed by atoms with Gasteiger partial charge in [0.25, 0.3) is 5.69 Å². The van der Waals surface area contributed by atoms with Gasteiger partial charge in [0.1, 0.15) is 0 Å². The molecule has 0 atom stereocenters. The van der Waals surface area contributed by atoms with Crippen LogP contribution in [0.1, 0.15) is 16.7 Å². The van der Waals surface area contributed by atoms with E-state index in [4.69, 9.17) is 0 Å². The number of aryl methyl sites for hydroxylation is 3. The molecule has 10 heteroatoms. The Hall–Kier alpha value is -2.82. The summed E-state index contributed by atoms with van der Waals surface area (Å²) in [5, 5.41) is 14.2. The van der Waals surface area contributed by atoms with Crippen LogP contribution in [-0.2, 0) is 14.8 Å². The van der Waals surface area contributed by atoms with Gasteiger partial charge in [-0.2, -0.15) is 4.31 Å². The standard InChI is InChI=1S/C21H26N4O5S/c1-15-12-16(2)21(17(3)13-15)22-20(26)14-23-8-10-24(11-9-23)31(29,30)19-7-5-4-6-18(19)25(27)28/h4-7,12-13H,8-11,14H2,1-3H3,(H,22,26). The molecule has 0 unspecified atom stereocenters. The van der Waals surface area contributed by atoms with Gasteiger partial charge < -0.3 is 5.32 Å². The van der Waals surface area contributed by atoms with Crippen LogP contribution < -0.4 is 5.32 Å². The average molecular weight is 447 g/mol. The zero-order valence-electron chi connectivity index (χ0n) is 17.8. The van der Waals surface area contributed by atoms with E-state index in [0.29, 0.717) is 13.1 Å². The number of hydrogen-bond acceptors (Lipinski definition) is 6. The zero-order chi connectivity index (χ0) is 22.8. The highest BCUT2D eigenvalue weighted by atomic mass is 32.2. The van der Waals surface area contributed by atoms with Crippen LogP contribution in [0.5, 0.6) is 0 Å². The van der Waals surface area contributed by atoms with Gasteiger partial charge in [-0.05, 0) is 38.0 Å². The quantitative estimate of drug-likeness (QED) is 0.539. The van der Waals surface area contributed by atoms with Gasteiger partial charge in [-0.15, -0.1) is 0 Å². The molecule has 0 radical (unpaired) electrons. The number of amides is 1. The van der Waals surface area contributed by atoms with Gasteiger partial charge in [0.2, 0.25) is 15.9 Å². The molecular formula is C21H26N4O5S. The van der Waals surface area contributed by atoms with Gasteiger partial charge in [0.05, 0.1) is 11.5 Å². The van der Waals surface area contributed by atoms with Gasteiger partial charge in [0.15, 0.2) is 4.90 Å². The normalized spacial score (nSPS) is 15.6. The molecule has 1 heterocycles. The molecule has 3 rings (SSSR count). The van der Waals surface area contributed by atoms with Gasteiger partial charge in [-0.25, -0.2) is 8.42 Å². The molecule has 0 saturated carbocycles. The monoisotopic (exact) mass is 446 g/mol. The molecule has 0 aromatic heterocycles. The molecule has 1 aliphatic rings. The number of anilines is 1. The van der Waals surface area contributed by atoms with E-state index in [2.05, 4.69) is 5.32 Å². The molecule has 166 valence electrons. The number of carbonyl (C=O) groups is 1. The maximum absolute atomic E-state index is 12.9. The molecule has 2 aromatic rings. The second kappa shape index (κ2) is 9.13. The van der Waals surface area contributed by atoms with E-state index < -0.39 is 20.6 Å². The number of piperazine rings is 1. The Morgan fingerprint density at radius 3 is 2.23 bits per heavy atom. The van der Waals surface area contributed by atoms with Crippen molar-refractivity contribution in [1.29, 1.82) is 0 Å². The molecular weight excluding hydrogens is 420 g/mol. The topological polar surface area (TPSA) is 113 Å². The lowest BCUT2D eigenvalue weighted by Gasteiger charge is -2.33. The van der Waals surface area contributed by atoms with Crippen molar-refractivity contribution >= 4 is 27.3 Å². The second-order valence-corrected chi connectivity index (χ2v) is 9.63. The maximum Gasteiger partial charge on any atom is 0.289 e. The second-order valence-electron chi connectivity index (χ2n) is 7.73. The Bertz CT molecular complexity index is 1090. The van der Waals surface area contributed by atoms with Crippen LogP contribution in [-0.4, -0.2) is 61.2 Å². The van der Waals surface area contributed by atoms with Crippen molar-refractivity contribution in [3.63, 3.8) is 0 Å². The molecule has 1 saturated heterocycles. The summed E-state index contributed by atoms with van der Waals surface area (Å²) in [7, 11) is -3.99. The molecule has 1 N–H and O–H groups in total. The van der Waals surface area contributed by atoms with Crippen LogP contribution >= 0.6 is 0 Å². The third-order valence-corrected chi connectivity index (χ3v) is 7.27. The molecule has 1 aliphatic heterocycles. The molecule has 2 aromatic carbocycles. The molecule has 31 heavy (non-hydrogen) atoms. The SMILES string of the molecule is Cc1cc(C)c(NC(=O)CN2CCN(S(=O)(=O)c3ccccc3[N+](=O)[O-])CC2)c(C)c1. The van der Waals surface area contributed by atoms with Crippen LogP contribution in [0.25, 0.3) is 0 Å². The Labute approximate surface area is 181 Å². The first-order valence-electron chi connectivity index (χ1n) is 9.93. The fourth-order valence-corrected chi connectivity index (χ4v) is 5.43. The minimum Gasteiger partial charge on any atom is -0.324 e. The molecule has 1 fully saturated rings. The lowest BCUT2D eigenvalue weighted by molar-refractivity contribution is -0.387. The van der Waals surface area contributed by atoms with Gasteiger partial charge in [-0.1, -0.05) is 29.8 Å². The smallest absolute Gasteiger partial charge is 0.289 e. The number of sulfonamides is 1. The summed E-state index contributed by atoms with van der Waals surface area (Å²) in [4.78, 5) is 24.6. The van der Waals surface area contributed by atoms with Gasteiger partial charge in [0, 0.05) is 37.9 Å². The zero-order valence-corrected chi connectivity index (χ0v) is 18.6. The van der Waals surface area contributed by atoms with Crippen molar-refractivity contribution in [3.05, 3.63) is 63.2 Å². The summed E-state index contributed by atoms with van der Waals surface area (Å²) in [6.45, 7) is 7.08. The summed E-state index contributed by atoms with van der Waals surface area (Å²) >= 11 is 0. The minimum absolute atomic E-state index is 0.145. The number of benzene rings is 2. The van der Waals surface area contributed by atoms with E-state index in [1.54, 1.807) is 0 Å². The first-order valence-corrected chi connectivity index (χ1v) is 11.4. The van der Waals surface area contributed by atoms with Crippen LogP contribution in [0, 0.1) is 30.9 Å². The third kappa shape index (κ3) is 5.09. The Kier molecular flexibility index (Phi) is 6.73. The number of para-hydroxylation sites is 1. The Morgan fingerprint density at radius 2 is 1.65 bits per heavy atom. The highest BCUT2D eigenvalue weighted by molar-refractivity contribution is 7.89. The van der Waals surface area contributed by atoms with Crippen LogP contribution in [0.3, 0.4) is 0 Å². The predicted octanol–water partition coefficient (Wildman–Crippen LogP) is 2.47. The van der Waals surface area contributed by atoms with Crippen LogP contribution in [0.4, 0.5) is 11.4 Å².